The van der Waals surface area contributed by atoms with Crippen molar-refractivity contribution in [1.82, 2.24) is 0 Å². The third-order valence-corrected chi connectivity index (χ3v) is 3.50. The van der Waals surface area contributed by atoms with Gasteiger partial charge in [0.25, 0.3) is 0 Å². The molecule has 1 nitrogen and oxygen atoms in total. The number of aryl methyl sites for hydroxylation is 1. The fraction of sp³-hybridized carbons (Fsp3) is 0.400. The van der Waals surface area contributed by atoms with Crippen molar-refractivity contribution < 1.29 is 5.11 Å². The van der Waals surface area contributed by atoms with Crippen LogP contribution in [-0.2, 0) is 0 Å². The Balaban J connectivity index is 3.11. The van der Waals surface area contributed by atoms with Gasteiger partial charge in [0.2, 0.25) is 0 Å². The Kier molecular flexibility index (Phi) is 3.33. The summed E-state index contributed by atoms with van der Waals surface area (Å²) in [4.78, 5) is 0. The van der Waals surface area contributed by atoms with Gasteiger partial charge in [0.15, 0.2) is 0 Å². The molecule has 1 rings (SSSR count). The van der Waals surface area contributed by atoms with Crippen molar-refractivity contribution >= 4 is 19.4 Å². The molecule has 0 heterocycles. The van der Waals surface area contributed by atoms with Gasteiger partial charge in [-0.3, -0.25) is 0 Å². The molecule has 0 bridgehead atoms. The van der Waals surface area contributed by atoms with Crippen LogP contribution in [0.15, 0.2) is 18.2 Å². The second kappa shape index (κ2) is 4.08. The molecule has 1 aromatic carbocycles. The fourth-order valence-corrected chi connectivity index (χ4v) is 2.80. The SMILES string of the molecule is C[Se]c1cc(C)ccc1[C@@H](C)O. The topological polar surface area (TPSA) is 20.2 Å². The van der Waals surface area contributed by atoms with Gasteiger partial charge in [-0.25, -0.2) is 0 Å². The molecule has 0 aromatic heterocycles. The second-order valence-electron chi connectivity index (χ2n) is 2.92. The van der Waals surface area contributed by atoms with Crippen LogP contribution in [0.1, 0.15) is 24.2 Å². The summed E-state index contributed by atoms with van der Waals surface area (Å²) in [7, 11) is 0. The maximum absolute atomic E-state index is 9.44. The van der Waals surface area contributed by atoms with E-state index in [2.05, 4.69) is 24.9 Å². The van der Waals surface area contributed by atoms with E-state index in [0.29, 0.717) is 15.0 Å². The van der Waals surface area contributed by atoms with Gasteiger partial charge < -0.3 is 0 Å². The zero-order valence-electron chi connectivity index (χ0n) is 7.66. The Morgan fingerprint density at radius 1 is 1.42 bits per heavy atom. The molecule has 12 heavy (non-hydrogen) atoms. The third-order valence-electron chi connectivity index (χ3n) is 1.84. The summed E-state index contributed by atoms with van der Waals surface area (Å²) < 4.78 is 1.32. The van der Waals surface area contributed by atoms with E-state index in [0.717, 1.165) is 5.56 Å². The van der Waals surface area contributed by atoms with Gasteiger partial charge in [0, 0.05) is 0 Å². The molecule has 0 aliphatic rings. The molecule has 1 N–H and O–H groups in total. The molecule has 1 aromatic rings. The number of aliphatic hydroxyl groups is 1. The summed E-state index contributed by atoms with van der Waals surface area (Å²) in [6.45, 7) is 3.90. The van der Waals surface area contributed by atoms with E-state index in [9.17, 15) is 5.11 Å². The van der Waals surface area contributed by atoms with E-state index in [4.69, 9.17) is 0 Å². The molecular formula is C10H14OSe. The Hall–Kier alpha value is -0.301. The van der Waals surface area contributed by atoms with Gasteiger partial charge in [-0.2, -0.15) is 0 Å². The van der Waals surface area contributed by atoms with Gasteiger partial charge in [0.05, 0.1) is 0 Å². The number of rotatable bonds is 2. The first-order valence-electron chi connectivity index (χ1n) is 3.97. The van der Waals surface area contributed by atoms with Gasteiger partial charge in [-0.15, -0.1) is 0 Å². The second-order valence-corrected chi connectivity index (χ2v) is 4.70. The quantitative estimate of drug-likeness (QED) is 0.760. The van der Waals surface area contributed by atoms with E-state index in [1.165, 1.54) is 10.0 Å². The molecule has 2 heteroatoms. The molecular weight excluding hydrogens is 215 g/mol. The summed E-state index contributed by atoms with van der Waals surface area (Å²) in [5.41, 5.74) is 2.36. The predicted octanol–water partition coefficient (Wildman–Crippen LogP) is 1.43. The Morgan fingerprint density at radius 2 is 2.08 bits per heavy atom. The average Bonchev–Trinajstić information content (AvgIpc) is 2.03. The van der Waals surface area contributed by atoms with Crippen molar-refractivity contribution in [3.8, 4) is 0 Å². The van der Waals surface area contributed by atoms with Crippen LogP contribution in [0, 0.1) is 6.92 Å². The van der Waals surface area contributed by atoms with Gasteiger partial charge >= 0.3 is 79.6 Å². The summed E-state index contributed by atoms with van der Waals surface area (Å²) in [6.07, 6.45) is -0.331. The minimum absolute atomic E-state index is 0.331. The molecule has 0 amide bonds. The van der Waals surface area contributed by atoms with Crippen LogP contribution in [0.4, 0.5) is 0 Å². The predicted molar refractivity (Wildman–Crippen MR) is 53.1 cm³/mol. The average molecular weight is 229 g/mol. The fourth-order valence-electron chi connectivity index (χ4n) is 1.16. The summed E-state index contributed by atoms with van der Waals surface area (Å²) in [6, 6.07) is 6.25. The van der Waals surface area contributed by atoms with Crippen molar-refractivity contribution in [2.24, 2.45) is 0 Å². The molecule has 0 saturated heterocycles. The van der Waals surface area contributed by atoms with Crippen molar-refractivity contribution in [1.29, 1.82) is 0 Å². The number of benzene rings is 1. The van der Waals surface area contributed by atoms with Crippen LogP contribution in [0.2, 0.25) is 5.82 Å². The van der Waals surface area contributed by atoms with Crippen molar-refractivity contribution in [3.63, 3.8) is 0 Å². The molecule has 66 valence electrons. The normalized spacial score (nSPS) is 13.0. The van der Waals surface area contributed by atoms with Crippen LogP contribution < -0.4 is 4.46 Å². The van der Waals surface area contributed by atoms with Gasteiger partial charge in [0.1, 0.15) is 0 Å². The van der Waals surface area contributed by atoms with Crippen molar-refractivity contribution in [2.75, 3.05) is 0 Å². The Labute approximate surface area is 80.0 Å². The zero-order valence-corrected chi connectivity index (χ0v) is 9.38. The molecule has 0 aliphatic carbocycles. The first kappa shape index (κ1) is 9.78. The molecule has 0 radical (unpaired) electrons. The summed E-state index contributed by atoms with van der Waals surface area (Å²) >= 11 is 0.471. The van der Waals surface area contributed by atoms with Crippen molar-refractivity contribution in [2.45, 2.75) is 25.8 Å². The minimum atomic E-state index is -0.331. The standard InChI is InChI=1S/C10H14OSe/c1-7-4-5-9(8(2)11)10(6-7)12-3/h4-6,8,11H,1-3H3/t8-/m1/s1. The van der Waals surface area contributed by atoms with Crippen LogP contribution in [0.3, 0.4) is 0 Å². The maximum atomic E-state index is 9.44. The van der Waals surface area contributed by atoms with Crippen LogP contribution in [-0.4, -0.2) is 20.1 Å². The first-order chi connectivity index (χ1) is 5.65. The summed E-state index contributed by atoms with van der Waals surface area (Å²) in [5.74, 6) is 2.17. The van der Waals surface area contributed by atoms with Crippen LogP contribution in [0.25, 0.3) is 0 Å². The van der Waals surface area contributed by atoms with E-state index in [-0.39, 0.29) is 6.10 Å². The molecule has 0 aliphatic heterocycles. The van der Waals surface area contributed by atoms with E-state index >= 15 is 0 Å². The monoisotopic (exact) mass is 230 g/mol. The summed E-state index contributed by atoms with van der Waals surface area (Å²) in [5, 5.41) is 9.44. The number of hydrogen-bond acceptors (Lipinski definition) is 1. The zero-order chi connectivity index (χ0) is 9.14. The Bertz CT molecular complexity index is 269. The van der Waals surface area contributed by atoms with Crippen molar-refractivity contribution in [3.05, 3.63) is 29.3 Å². The molecule has 0 spiro atoms. The van der Waals surface area contributed by atoms with Crippen LogP contribution in [0.5, 0.6) is 0 Å². The van der Waals surface area contributed by atoms with E-state index in [1.807, 2.05) is 13.0 Å². The third kappa shape index (κ3) is 2.10. The van der Waals surface area contributed by atoms with Crippen LogP contribution >= 0.6 is 0 Å². The number of hydrogen-bond donors (Lipinski definition) is 1. The molecule has 0 saturated carbocycles. The number of aliphatic hydroxyl groups excluding tert-OH is 1. The molecule has 0 fully saturated rings. The molecule has 0 unspecified atom stereocenters. The van der Waals surface area contributed by atoms with Gasteiger partial charge in [-0.1, -0.05) is 0 Å². The molecule has 1 atom stereocenters. The van der Waals surface area contributed by atoms with Gasteiger partial charge in [-0.05, 0) is 0 Å². The van der Waals surface area contributed by atoms with E-state index in [1.54, 1.807) is 0 Å². The van der Waals surface area contributed by atoms with E-state index < -0.39 is 0 Å². The first-order valence-corrected chi connectivity index (χ1v) is 6.54. The Morgan fingerprint density at radius 3 is 2.58 bits per heavy atom.